The molecule has 110 valence electrons. The maximum atomic E-state index is 11.2. The van der Waals surface area contributed by atoms with E-state index in [4.69, 9.17) is 9.47 Å². The predicted molar refractivity (Wildman–Crippen MR) is 75.9 cm³/mol. The van der Waals surface area contributed by atoms with Crippen LogP contribution in [0, 0.1) is 0 Å². The maximum Gasteiger partial charge on any atom is 0.411 e. The summed E-state index contributed by atoms with van der Waals surface area (Å²) in [5, 5.41) is 5.93. The van der Waals surface area contributed by atoms with Gasteiger partial charge in [0.1, 0.15) is 0 Å². The van der Waals surface area contributed by atoms with Crippen molar-refractivity contribution >= 4 is 17.5 Å². The van der Waals surface area contributed by atoms with Gasteiger partial charge in [-0.2, -0.15) is 0 Å². The molecule has 0 atom stereocenters. The van der Waals surface area contributed by atoms with E-state index >= 15 is 0 Å². The number of anilines is 2. The van der Waals surface area contributed by atoms with Crippen LogP contribution in [-0.2, 0) is 14.2 Å². The summed E-state index contributed by atoms with van der Waals surface area (Å²) in [5.74, 6) is -0.521. The molecule has 0 aromatic heterocycles. The normalized spacial score (nSPS) is 18.4. The second-order valence-corrected chi connectivity index (χ2v) is 5.06. The first-order chi connectivity index (χ1) is 9.48. The summed E-state index contributed by atoms with van der Waals surface area (Å²) in [7, 11) is 1.33. The zero-order chi connectivity index (χ0) is 14.6. The van der Waals surface area contributed by atoms with Gasteiger partial charge in [-0.25, -0.2) is 4.79 Å². The molecule has 0 aliphatic carbocycles. The minimum absolute atomic E-state index is 0.0800. The number of ether oxygens (including phenoxy) is 3. The minimum atomic E-state index is -0.521. The molecule has 0 spiro atoms. The third-order valence-corrected chi connectivity index (χ3v) is 2.93. The van der Waals surface area contributed by atoms with Crippen molar-refractivity contribution in [2.24, 2.45) is 0 Å². The molecule has 1 aromatic rings. The topological polar surface area (TPSA) is 68.8 Å². The lowest BCUT2D eigenvalue weighted by Crippen LogP contribution is -2.45. The molecule has 1 aromatic carbocycles. The van der Waals surface area contributed by atoms with E-state index in [-0.39, 0.29) is 6.04 Å². The standard InChI is InChI=1S/C14H20N2O4/c1-14(2)19-8-12(9-20-14)15-10-5-4-6-11(7-10)16-13(17)18-3/h4-7,12,15H,8-9H2,1-3H3,(H,16,17). The quantitative estimate of drug-likeness (QED) is 0.890. The largest absolute Gasteiger partial charge is 0.453 e. The van der Waals surface area contributed by atoms with E-state index in [1.54, 1.807) is 6.07 Å². The predicted octanol–water partition coefficient (Wildman–Crippen LogP) is 2.43. The summed E-state index contributed by atoms with van der Waals surface area (Å²) >= 11 is 0. The zero-order valence-corrected chi connectivity index (χ0v) is 11.9. The van der Waals surface area contributed by atoms with Gasteiger partial charge in [0.05, 0.1) is 26.4 Å². The van der Waals surface area contributed by atoms with Crippen LogP contribution >= 0.6 is 0 Å². The van der Waals surface area contributed by atoms with E-state index in [2.05, 4.69) is 15.4 Å². The number of carbonyl (C=O) groups is 1. The van der Waals surface area contributed by atoms with Crippen LogP contribution in [0.3, 0.4) is 0 Å². The smallest absolute Gasteiger partial charge is 0.411 e. The Kier molecular flexibility index (Phi) is 4.46. The van der Waals surface area contributed by atoms with Crippen molar-refractivity contribution in [1.82, 2.24) is 0 Å². The Morgan fingerprint density at radius 2 is 1.95 bits per heavy atom. The van der Waals surface area contributed by atoms with Crippen LogP contribution in [0.2, 0.25) is 0 Å². The van der Waals surface area contributed by atoms with Crippen LogP contribution in [0.4, 0.5) is 16.2 Å². The van der Waals surface area contributed by atoms with E-state index in [0.29, 0.717) is 18.9 Å². The molecule has 1 amide bonds. The lowest BCUT2D eigenvalue weighted by molar-refractivity contribution is -0.247. The Hall–Kier alpha value is -1.79. The Morgan fingerprint density at radius 1 is 1.30 bits per heavy atom. The van der Waals surface area contributed by atoms with Crippen molar-refractivity contribution < 1.29 is 19.0 Å². The molecule has 1 aliphatic heterocycles. The average molecular weight is 280 g/mol. The molecule has 0 unspecified atom stereocenters. The van der Waals surface area contributed by atoms with E-state index < -0.39 is 11.9 Å². The van der Waals surface area contributed by atoms with Crippen LogP contribution in [0.15, 0.2) is 24.3 Å². The molecule has 1 aliphatic rings. The molecule has 0 saturated carbocycles. The van der Waals surface area contributed by atoms with E-state index in [1.807, 2.05) is 32.0 Å². The summed E-state index contributed by atoms with van der Waals surface area (Å²) in [4.78, 5) is 11.2. The third kappa shape index (κ3) is 4.11. The maximum absolute atomic E-state index is 11.2. The van der Waals surface area contributed by atoms with Crippen LogP contribution in [-0.4, -0.2) is 38.2 Å². The van der Waals surface area contributed by atoms with Crippen molar-refractivity contribution in [1.29, 1.82) is 0 Å². The third-order valence-electron chi connectivity index (χ3n) is 2.93. The Morgan fingerprint density at radius 3 is 2.60 bits per heavy atom. The number of rotatable bonds is 3. The van der Waals surface area contributed by atoms with Gasteiger partial charge < -0.3 is 19.5 Å². The highest BCUT2D eigenvalue weighted by Gasteiger charge is 2.28. The molecular weight excluding hydrogens is 260 g/mol. The van der Waals surface area contributed by atoms with E-state index in [1.165, 1.54) is 7.11 Å². The van der Waals surface area contributed by atoms with Gasteiger partial charge in [0.2, 0.25) is 0 Å². The Bertz CT molecular complexity index is 466. The highest BCUT2D eigenvalue weighted by atomic mass is 16.7. The Balaban J connectivity index is 1.93. The second-order valence-electron chi connectivity index (χ2n) is 5.06. The van der Waals surface area contributed by atoms with Gasteiger partial charge >= 0.3 is 6.09 Å². The molecule has 2 N–H and O–H groups in total. The number of carbonyl (C=O) groups excluding carboxylic acids is 1. The lowest BCUT2D eigenvalue weighted by Gasteiger charge is -2.35. The monoisotopic (exact) mass is 280 g/mol. The van der Waals surface area contributed by atoms with Crippen LogP contribution in [0.5, 0.6) is 0 Å². The summed E-state index contributed by atoms with van der Waals surface area (Å²) in [6, 6.07) is 7.47. The van der Waals surface area contributed by atoms with Gasteiger partial charge in [-0.05, 0) is 32.0 Å². The van der Waals surface area contributed by atoms with Gasteiger partial charge in [0.15, 0.2) is 5.79 Å². The molecule has 20 heavy (non-hydrogen) atoms. The fourth-order valence-corrected chi connectivity index (χ4v) is 1.87. The Labute approximate surface area is 118 Å². The highest BCUT2D eigenvalue weighted by Crippen LogP contribution is 2.21. The molecular formula is C14H20N2O4. The molecule has 1 fully saturated rings. The molecule has 0 bridgehead atoms. The molecule has 1 heterocycles. The summed E-state index contributed by atoms with van der Waals surface area (Å²) in [6.07, 6.45) is -0.492. The summed E-state index contributed by atoms with van der Waals surface area (Å²) < 4.78 is 15.7. The molecule has 6 nitrogen and oxygen atoms in total. The van der Waals surface area contributed by atoms with Crippen molar-refractivity contribution in [3.63, 3.8) is 0 Å². The second kappa shape index (κ2) is 6.11. The van der Waals surface area contributed by atoms with E-state index in [0.717, 1.165) is 5.69 Å². The number of hydrogen-bond donors (Lipinski definition) is 2. The molecule has 0 radical (unpaired) electrons. The van der Waals surface area contributed by atoms with Crippen molar-refractivity contribution in [2.75, 3.05) is 31.0 Å². The van der Waals surface area contributed by atoms with E-state index in [9.17, 15) is 4.79 Å². The van der Waals surface area contributed by atoms with Crippen molar-refractivity contribution in [2.45, 2.75) is 25.7 Å². The van der Waals surface area contributed by atoms with Gasteiger partial charge in [0.25, 0.3) is 0 Å². The molecule has 2 rings (SSSR count). The van der Waals surface area contributed by atoms with Gasteiger partial charge in [0, 0.05) is 11.4 Å². The van der Waals surface area contributed by atoms with Gasteiger partial charge in [-0.1, -0.05) is 6.07 Å². The minimum Gasteiger partial charge on any atom is -0.453 e. The molecule has 1 saturated heterocycles. The molecule has 6 heteroatoms. The summed E-state index contributed by atoms with van der Waals surface area (Å²) in [6.45, 7) is 4.93. The first kappa shape index (κ1) is 14.6. The number of amides is 1. The lowest BCUT2D eigenvalue weighted by atomic mass is 10.2. The SMILES string of the molecule is COC(=O)Nc1cccc(NC2COC(C)(C)OC2)c1. The average Bonchev–Trinajstić information content (AvgIpc) is 2.41. The van der Waals surface area contributed by atoms with Crippen LogP contribution < -0.4 is 10.6 Å². The van der Waals surface area contributed by atoms with Crippen molar-refractivity contribution in [3.8, 4) is 0 Å². The fourth-order valence-electron chi connectivity index (χ4n) is 1.87. The first-order valence-corrected chi connectivity index (χ1v) is 6.48. The van der Waals surface area contributed by atoms with Gasteiger partial charge in [-0.3, -0.25) is 5.32 Å². The zero-order valence-electron chi connectivity index (χ0n) is 11.9. The van der Waals surface area contributed by atoms with Crippen LogP contribution in [0.25, 0.3) is 0 Å². The fraction of sp³-hybridized carbons (Fsp3) is 0.500. The number of benzene rings is 1. The number of hydrogen-bond acceptors (Lipinski definition) is 5. The first-order valence-electron chi connectivity index (χ1n) is 6.48. The van der Waals surface area contributed by atoms with Crippen molar-refractivity contribution in [3.05, 3.63) is 24.3 Å². The van der Waals surface area contributed by atoms with Gasteiger partial charge in [-0.15, -0.1) is 0 Å². The number of nitrogens with one attached hydrogen (secondary N) is 2. The number of methoxy groups -OCH3 is 1. The summed E-state index contributed by atoms with van der Waals surface area (Å²) in [5.41, 5.74) is 1.55. The van der Waals surface area contributed by atoms with Crippen LogP contribution in [0.1, 0.15) is 13.8 Å². The highest BCUT2D eigenvalue weighted by molar-refractivity contribution is 5.85.